The number of hydrogen-bond acceptors (Lipinski definition) is 4. The van der Waals surface area contributed by atoms with Gasteiger partial charge in [-0.05, 0) is 18.2 Å². The molecule has 0 spiro atoms. The first-order chi connectivity index (χ1) is 8.95. The smallest absolute Gasteiger partial charge is 0.304 e. The molecule has 1 amide bonds. The lowest BCUT2D eigenvalue weighted by atomic mass is 10.1. The summed E-state index contributed by atoms with van der Waals surface area (Å²) in [4.78, 5) is 26.5. The van der Waals surface area contributed by atoms with Crippen LogP contribution in [0.2, 0.25) is 0 Å². The van der Waals surface area contributed by atoms with E-state index in [1.165, 1.54) is 0 Å². The molecule has 1 unspecified atom stereocenters. The van der Waals surface area contributed by atoms with Crippen molar-refractivity contribution in [3.63, 3.8) is 0 Å². The van der Waals surface area contributed by atoms with Crippen molar-refractivity contribution in [3.8, 4) is 0 Å². The van der Waals surface area contributed by atoms with Crippen LogP contribution in [0.3, 0.4) is 0 Å². The van der Waals surface area contributed by atoms with E-state index in [-0.39, 0.29) is 12.3 Å². The monoisotopic (exact) mass is 262 g/mol. The number of nitrogens with zero attached hydrogens (tertiary/aromatic N) is 1. The number of aliphatic carboxylic acids is 1. The number of carbonyl (C=O) groups excluding carboxylic acids is 1. The zero-order valence-electron chi connectivity index (χ0n) is 10.6. The van der Waals surface area contributed by atoms with Crippen LogP contribution in [0.25, 0.3) is 11.1 Å². The van der Waals surface area contributed by atoms with Crippen LogP contribution in [0, 0.1) is 12.8 Å². The highest BCUT2D eigenvalue weighted by atomic mass is 16.4. The molecule has 100 valence electrons. The zero-order valence-corrected chi connectivity index (χ0v) is 10.6. The van der Waals surface area contributed by atoms with Gasteiger partial charge in [-0.1, -0.05) is 6.92 Å². The minimum Gasteiger partial charge on any atom is -0.481 e. The number of aromatic nitrogens is 1. The highest BCUT2D eigenvalue weighted by molar-refractivity contribution is 5.95. The topological polar surface area (TPSA) is 92.4 Å². The number of oxazole rings is 1. The predicted octanol–water partition coefficient (Wildman–Crippen LogP) is 2.19. The third kappa shape index (κ3) is 3.09. The summed E-state index contributed by atoms with van der Waals surface area (Å²) in [5.41, 5.74) is 1.87. The van der Waals surface area contributed by atoms with Gasteiger partial charge in [0.25, 0.3) is 0 Å². The molecule has 0 aliphatic carbocycles. The summed E-state index contributed by atoms with van der Waals surface area (Å²) >= 11 is 0. The van der Waals surface area contributed by atoms with Crippen molar-refractivity contribution in [2.24, 2.45) is 5.92 Å². The average molecular weight is 262 g/mol. The number of rotatable bonds is 4. The van der Waals surface area contributed by atoms with Gasteiger partial charge in [-0.2, -0.15) is 0 Å². The first kappa shape index (κ1) is 13.1. The number of fused-ring (bicyclic) bond motifs is 1. The Balaban J connectivity index is 2.12. The molecule has 0 bridgehead atoms. The molecule has 0 saturated heterocycles. The molecule has 0 saturated carbocycles. The molecule has 1 heterocycles. The van der Waals surface area contributed by atoms with Crippen molar-refractivity contribution in [3.05, 3.63) is 24.1 Å². The van der Waals surface area contributed by atoms with Crippen molar-refractivity contribution >= 4 is 28.7 Å². The van der Waals surface area contributed by atoms with E-state index < -0.39 is 11.9 Å². The second kappa shape index (κ2) is 5.09. The Kier molecular flexibility index (Phi) is 3.50. The average Bonchev–Trinajstić information content (AvgIpc) is 2.67. The Hall–Kier alpha value is -2.37. The molecule has 2 N–H and O–H groups in total. The highest BCUT2D eigenvalue weighted by Gasteiger charge is 2.16. The summed E-state index contributed by atoms with van der Waals surface area (Å²) in [7, 11) is 0. The fourth-order valence-electron chi connectivity index (χ4n) is 1.74. The SMILES string of the molecule is Cc1nc2cc(NC(=O)C(C)CC(=O)O)ccc2o1. The molecular weight excluding hydrogens is 248 g/mol. The van der Waals surface area contributed by atoms with Crippen molar-refractivity contribution < 1.29 is 19.1 Å². The van der Waals surface area contributed by atoms with Crippen LogP contribution >= 0.6 is 0 Å². The van der Waals surface area contributed by atoms with E-state index in [4.69, 9.17) is 9.52 Å². The standard InChI is InChI=1S/C13H14N2O4/c1-7(5-12(16)17)13(18)15-9-3-4-11-10(6-9)14-8(2)19-11/h3-4,6-7H,5H2,1-2H3,(H,15,18)(H,16,17). The van der Waals surface area contributed by atoms with Gasteiger partial charge in [-0.25, -0.2) is 4.98 Å². The summed E-state index contributed by atoms with van der Waals surface area (Å²) in [5.74, 6) is -1.36. The molecule has 1 aromatic carbocycles. The Labute approximate surface area is 109 Å². The predicted molar refractivity (Wildman–Crippen MR) is 68.8 cm³/mol. The van der Waals surface area contributed by atoms with Gasteiger partial charge in [-0.3, -0.25) is 9.59 Å². The Bertz CT molecular complexity index is 633. The van der Waals surface area contributed by atoms with Gasteiger partial charge in [0.1, 0.15) is 5.52 Å². The van der Waals surface area contributed by atoms with E-state index in [9.17, 15) is 9.59 Å². The number of carboxylic acids is 1. The number of hydrogen-bond donors (Lipinski definition) is 2. The largest absolute Gasteiger partial charge is 0.481 e. The van der Waals surface area contributed by atoms with Gasteiger partial charge in [0, 0.05) is 18.5 Å². The van der Waals surface area contributed by atoms with Crippen LogP contribution in [0.5, 0.6) is 0 Å². The molecule has 6 heteroatoms. The molecule has 0 aliphatic heterocycles. The molecular formula is C13H14N2O4. The van der Waals surface area contributed by atoms with Gasteiger partial charge >= 0.3 is 5.97 Å². The maximum atomic E-state index is 11.8. The summed E-state index contributed by atoms with van der Waals surface area (Å²) < 4.78 is 5.33. The highest BCUT2D eigenvalue weighted by Crippen LogP contribution is 2.20. The lowest BCUT2D eigenvalue weighted by Crippen LogP contribution is -2.22. The van der Waals surface area contributed by atoms with Gasteiger partial charge < -0.3 is 14.8 Å². The Morgan fingerprint density at radius 3 is 2.89 bits per heavy atom. The molecule has 2 aromatic rings. The minimum atomic E-state index is -0.995. The lowest BCUT2D eigenvalue weighted by molar-refractivity contribution is -0.139. The molecule has 0 fully saturated rings. The van der Waals surface area contributed by atoms with Crippen LogP contribution < -0.4 is 5.32 Å². The van der Waals surface area contributed by atoms with Gasteiger partial charge in [0.05, 0.1) is 6.42 Å². The summed E-state index contributed by atoms with van der Waals surface area (Å²) in [6, 6.07) is 5.10. The number of anilines is 1. The number of nitrogens with one attached hydrogen (secondary N) is 1. The van der Waals surface area contributed by atoms with Crippen molar-refractivity contribution in [1.82, 2.24) is 4.98 Å². The fraction of sp³-hybridized carbons (Fsp3) is 0.308. The minimum absolute atomic E-state index is 0.197. The van der Waals surface area contributed by atoms with E-state index in [1.54, 1.807) is 32.0 Å². The lowest BCUT2D eigenvalue weighted by Gasteiger charge is -2.09. The first-order valence-electron chi connectivity index (χ1n) is 5.85. The second-order valence-corrected chi connectivity index (χ2v) is 4.40. The van der Waals surface area contributed by atoms with E-state index >= 15 is 0 Å². The van der Waals surface area contributed by atoms with Gasteiger partial charge in [0.15, 0.2) is 11.5 Å². The maximum absolute atomic E-state index is 11.8. The first-order valence-corrected chi connectivity index (χ1v) is 5.85. The van der Waals surface area contributed by atoms with E-state index in [0.29, 0.717) is 22.7 Å². The third-order valence-electron chi connectivity index (χ3n) is 2.69. The Morgan fingerprint density at radius 1 is 1.47 bits per heavy atom. The number of amides is 1. The van der Waals surface area contributed by atoms with Crippen LogP contribution in [-0.2, 0) is 9.59 Å². The quantitative estimate of drug-likeness (QED) is 0.881. The summed E-state index contributed by atoms with van der Waals surface area (Å²) in [6.07, 6.45) is -0.197. The maximum Gasteiger partial charge on any atom is 0.304 e. The normalized spacial score (nSPS) is 12.3. The second-order valence-electron chi connectivity index (χ2n) is 4.40. The van der Waals surface area contributed by atoms with Crippen molar-refractivity contribution in [1.29, 1.82) is 0 Å². The van der Waals surface area contributed by atoms with E-state index in [2.05, 4.69) is 10.3 Å². The number of aryl methyl sites for hydroxylation is 1. The molecule has 6 nitrogen and oxygen atoms in total. The van der Waals surface area contributed by atoms with E-state index in [0.717, 1.165) is 0 Å². The summed E-state index contributed by atoms with van der Waals surface area (Å²) in [5, 5.41) is 11.3. The van der Waals surface area contributed by atoms with Crippen molar-refractivity contribution in [2.45, 2.75) is 20.3 Å². The number of benzene rings is 1. The molecule has 1 atom stereocenters. The van der Waals surface area contributed by atoms with Crippen LogP contribution in [0.1, 0.15) is 19.2 Å². The molecule has 0 aliphatic rings. The molecule has 19 heavy (non-hydrogen) atoms. The molecule has 1 aromatic heterocycles. The van der Waals surface area contributed by atoms with Crippen molar-refractivity contribution in [2.75, 3.05) is 5.32 Å². The molecule has 2 rings (SSSR count). The van der Waals surface area contributed by atoms with Crippen LogP contribution in [0.4, 0.5) is 5.69 Å². The van der Waals surface area contributed by atoms with E-state index in [1.807, 2.05) is 0 Å². The van der Waals surface area contributed by atoms with Gasteiger partial charge in [-0.15, -0.1) is 0 Å². The Morgan fingerprint density at radius 2 is 2.21 bits per heavy atom. The number of carbonyl (C=O) groups is 2. The fourth-order valence-corrected chi connectivity index (χ4v) is 1.74. The molecule has 0 radical (unpaired) electrons. The summed E-state index contributed by atoms with van der Waals surface area (Å²) in [6.45, 7) is 3.31. The van der Waals surface area contributed by atoms with Crippen LogP contribution in [-0.4, -0.2) is 22.0 Å². The third-order valence-corrected chi connectivity index (χ3v) is 2.69. The van der Waals surface area contributed by atoms with Gasteiger partial charge in [0.2, 0.25) is 5.91 Å². The number of carboxylic acid groups (broad SMARTS) is 1. The van der Waals surface area contributed by atoms with Crippen LogP contribution in [0.15, 0.2) is 22.6 Å². The zero-order chi connectivity index (χ0) is 14.0.